The fraction of sp³-hybridized carbons (Fsp3) is 0.875. The zero-order valence-corrected chi connectivity index (χ0v) is 17.4. The van der Waals surface area contributed by atoms with Gasteiger partial charge in [-0.2, -0.15) is 0 Å². The number of carbonyl (C=O) groups is 2. The summed E-state index contributed by atoms with van der Waals surface area (Å²) in [6.45, 7) is 14.7. The van der Waals surface area contributed by atoms with E-state index in [4.69, 9.17) is 13.9 Å². The maximum atomic E-state index is 12.2. The van der Waals surface area contributed by atoms with Crippen LogP contribution in [0.2, 0.25) is 18.1 Å². The molecule has 7 nitrogen and oxygen atoms in total. The highest BCUT2D eigenvalue weighted by Gasteiger charge is 2.44. The number of esters is 1. The number of aliphatic hydroxyl groups is 1. The average molecular weight is 364 g/mol. The van der Waals surface area contributed by atoms with Crippen LogP contribution in [0.5, 0.6) is 0 Å². The number of amides is 1. The molecule has 24 heavy (non-hydrogen) atoms. The minimum atomic E-state index is -2.33. The average Bonchev–Trinajstić information content (AvgIpc) is 2.38. The third-order valence-corrected chi connectivity index (χ3v) is 8.38. The molecular weight excluding hydrogens is 330 g/mol. The van der Waals surface area contributed by atoms with E-state index < -0.39 is 44.7 Å². The molecule has 1 amide bonds. The molecular formula is C16H33NO6Si. The van der Waals surface area contributed by atoms with Gasteiger partial charge in [-0.05, 0) is 38.9 Å². The molecule has 0 aliphatic rings. The van der Waals surface area contributed by atoms with Crippen LogP contribution in [0.1, 0.15) is 41.5 Å². The first-order valence-electron chi connectivity index (χ1n) is 8.00. The predicted molar refractivity (Wildman–Crippen MR) is 94.3 cm³/mol. The van der Waals surface area contributed by atoms with Crippen LogP contribution in [-0.4, -0.2) is 57.0 Å². The van der Waals surface area contributed by atoms with E-state index in [9.17, 15) is 14.7 Å². The topological polar surface area (TPSA) is 94.1 Å². The summed E-state index contributed by atoms with van der Waals surface area (Å²) in [4.78, 5) is 24.1. The van der Waals surface area contributed by atoms with Crippen LogP contribution in [0, 0.1) is 0 Å². The Morgan fingerprint density at radius 2 is 1.62 bits per heavy atom. The summed E-state index contributed by atoms with van der Waals surface area (Å²) in [6.07, 6.45) is -1.83. The Morgan fingerprint density at radius 1 is 1.12 bits per heavy atom. The molecule has 0 spiro atoms. The van der Waals surface area contributed by atoms with Crippen LogP contribution in [0.3, 0.4) is 0 Å². The third-order valence-electron chi connectivity index (χ3n) is 3.93. The largest absolute Gasteiger partial charge is 0.467 e. The third kappa shape index (κ3) is 7.19. The Labute approximate surface area is 146 Å². The number of aliphatic hydroxyl groups excluding tert-OH is 1. The summed E-state index contributed by atoms with van der Waals surface area (Å²) in [5.41, 5.74) is -0.689. The van der Waals surface area contributed by atoms with Crippen LogP contribution in [0.4, 0.5) is 4.79 Å². The quantitative estimate of drug-likeness (QED) is 0.556. The van der Waals surface area contributed by atoms with Gasteiger partial charge in [0.2, 0.25) is 0 Å². The van der Waals surface area contributed by atoms with Gasteiger partial charge in [-0.1, -0.05) is 20.8 Å². The summed E-state index contributed by atoms with van der Waals surface area (Å²) in [7, 11) is -1.09. The number of ether oxygens (including phenoxy) is 2. The molecule has 142 valence electrons. The van der Waals surface area contributed by atoms with Gasteiger partial charge in [0.15, 0.2) is 14.4 Å². The van der Waals surface area contributed by atoms with Crippen molar-refractivity contribution < 1.29 is 28.6 Å². The van der Waals surface area contributed by atoms with Gasteiger partial charge in [-0.15, -0.1) is 0 Å². The van der Waals surface area contributed by atoms with Crippen molar-refractivity contribution in [1.82, 2.24) is 5.32 Å². The van der Waals surface area contributed by atoms with Crippen molar-refractivity contribution in [3.8, 4) is 0 Å². The number of alkyl carbamates (subject to hydrolysis) is 1. The highest BCUT2D eigenvalue weighted by atomic mass is 28.4. The standard InChI is InChI=1S/C16H33NO6Si/c1-15(2,3)22-14(20)17-11(10-18)12(13(19)21-7)23-24(8,9)16(4,5)6/h11-12,18H,10H2,1-9H3,(H,17,20)/t11-,12+/m1/s1. The molecule has 2 N–H and O–H groups in total. The van der Waals surface area contributed by atoms with Gasteiger partial charge >= 0.3 is 12.1 Å². The highest BCUT2D eigenvalue weighted by molar-refractivity contribution is 6.74. The summed E-state index contributed by atoms with van der Waals surface area (Å²) in [6, 6.07) is -0.957. The zero-order chi connectivity index (χ0) is 19.3. The second-order valence-corrected chi connectivity index (χ2v) is 13.0. The fourth-order valence-electron chi connectivity index (χ4n) is 1.58. The molecule has 8 heteroatoms. The molecule has 0 radical (unpaired) electrons. The van der Waals surface area contributed by atoms with Crippen molar-refractivity contribution in [2.75, 3.05) is 13.7 Å². The van der Waals surface area contributed by atoms with Gasteiger partial charge in [-0.25, -0.2) is 9.59 Å². The minimum Gasteiger partial charge on any atom is -0.467 e. The van der Waals surface area contributed by atoms with Gasteiger partial charge in [0.1, 0.15) is 5.60 Å². The lowest BCUT2D eigenvalue weighted by Gasteiger charge is -2.40. The van der Waals surface area contributed by atoms with Crippen LogP contribution in [0.25, 0.3) is 0 Å². The van der Waals surface area contributed by atoms with Crippen molar-refractivity contribution in [2.24, 2.45) is 0 Å². The van der Waals surface area contributed by atoms with Crippen LogP contribution in [0.15, 0.2) is 0 Å². The van der Waals surface area contributed by atoms with E-state index in [1.165, 1.54) is 7.11 Å². The van der Waals surface area contributed by atoms with Crippen LogP contribution < -0.4 is 5.32 Å². The normalized spacial score (nSPS) is 15.4. The molecule has 0 unspecified atom stereocenters. The predicted octanol–water partition coefficient (Wildman–Crippen LogP) is 2.44. The van der Waals surface area contributed by atoms with Crippen molar-refractivity contribution >= 4 is 20.4 Å². The van der Waals surface area contributed by atoms with E-state index >= 15 is 0 Å². The molecule has 0 aromatic carbocycles. The maximum absolute atomic E-state index is 12.2. The zero-order valence-electron chi connectivity index (χ0n) is 16.4. The van der Waals surface area contributed by atoms with E-state index in [0.717, 1.165) is 0 Å². The Hall–Kier alpha value is -1.12. The van der Waals surface area contributed by atoms with Crippen molar-refractivity contribution in [3.05, 3.63) is 0 Å². The molecule has 0 bridgehead atoms. The number of methoxy groups -OCH3 is 1. The molecule has 0 rings (SSSR count). The van der Waals surface area contributed by atoms with Gasteiger partial charge in [0, 0.05) is 0 Å². The SMILES string of the molecule is COC(=O)[C@@H](O[Si](C)(C)C(C)(C)C)[C@@H](CO)NC(=O)OC(C)(C)C. The molecule has 0 aliphatic carbocycles. The van der Waals surface area contributed by atoms with E-state index in [-0.39, 0.29) is 5.04 Å². The lowest BCUT2D eigenvalue weighted by molar-refractivity contribution is -0.151. The highest BCUT2D eigenvalue weighted by Crippen LogP contribution is 2.37. The van der Waals surface area contributed by atoms with Gasteiger partial charge in [-0.3, -0.25) is 0 Å². The van der Waals surface area contributed by atoms with Crippen molar-refractivity contribution in [2.45, 2.75) is 77.4 Å². The molecule has 0 heterocycles. The Morgan fingerprint density at radius 3 is 1.96 bits per heavy atom. The van der Waals surface area contributed by atoms with E-state index in [2.05, 4.69) is 5.32 Å². The second kappa shape index (κ2) is 8.31. The molecule has 0 fully saturated rings. The first-order valence-corrected chi connectivity index (χ1v) is 10.9. The number of nitrogens with one attached hydrogen (secondary N) is 1. The maximum Gasteiger partial charge on any atom is 0.408 e. The number of hydrogen-bond acceptors (Lipinski definition) is 6. The smallest absolute Gasteiger partial charge is 0.408 e. The molecule has 0 saturated heterocycles. The lowest BCUT2D eigenvalue weighted by atomic mass is 10.1. The molecule has 2 atom stereocenters. The van der Waals surface area contributed by atoms with Crippen molar-refractivity contribution in [1.29, 1.82) is 0 Å². The number of carbonyl (C=O) groups excluding carboxylic acids is 2. The first-order chi connectivity index (χ1) is 10.6. The minimum absolute atomic E-state index is 0.148. The van der Waals surface area contributed by atoms with Crippen LogP contribution >= 0.6 is 0 Å². The summed E-state index contributed by atoms with van der Waals surface area (Å²) >= 11 is 0. The molecule has 0 aromatic heterocycles. The monoisotopic (exact) mass is 363 g/mol. The van der Waals surface area contributed by atoms with Crippen molar-refractivity contribution in [3.63, 3.8) is 0 Å². The number of hydrogen-bond donors (Lipinski definition) is 2. The fourth-order valence-corrected chi connectivity index (χ4v) is 2.83. The first kappa shape index (κ1) is 22.9. The van der Waals surface area contributed by atoms with Crippen LogP contribution in [-0.2, 0) is 18.7 Å². The summed E-state index contributed by atoms with van der Waals surface area (Å²) in [5.74, 6) is -0.644. The Bertz CT molecular complexity index is 439. The van der Waals surface area contributed by atoms with Gasteiger partial charge in [0.25, 0.3) is 0 Å². The Balaban J connectivity index is 5.33. The molecule has 0 saturated carbocycles. The summed E-state index contributed by atoms with van der Waals surface area (Å²) in [5, 5.41) is 12.0. The number of rotatable bonds is 6. The summed E-state index contributed by atoms with van der Waals surface area (Å²) < 4.78 is 16.0. The van der Waals surface area contributed by atoms with E-state index in [1.54, 1.807) is 20.8 Å². The lowest BCUT2D eigenvalue weighted by Crippen LogP contribution is -2.56. The van der Waals surface area contributed by atoms with Gasteiger partial charge < -0.3 is 24.3 Å². The second-order valence-electron chi connectivity index (χ2n) is 8.26. The van der Waals surface area contributed by atoms with E-state index in [0.29, 0.717) is 0 Å². The molecule has 0 aliphatic heterocycles. The van der Waals surface area contributed by atoms with E-state index in [1.807, 2.05) is 33.9 Å². The Kier molecular flexibility index (Phi) is 7.92. The molecule has 0 aromatic rings. The van der Waals surface area contributed by atoms with Gasteiger partial charge in [0.05, 0.1) is 19.8 Å².